The van der Waals surface area contributed by atoms with Gasteiger partial charge >= 0.3 is 5.97 Å². The number of ketones is 1. The van der Waals surface area contributed by atoms with Crippen LogP contribution in [0.25, 0.3) is 0 Å². The largest absolute Gasteiger partial charge is 0.458 e. The highest BCUT2D eigenvalue weighted by atomic mass is 16.6. The lowest BCUT2D eigenvalue weighted by molar-refractivity contribution is -0.228. The second-order valence-corrected chi connectivity index (χ2v) is 11.6. The maximum Gasteiger partial charge on any atom is 0.306 e. The highest BCUT2D eigenvalue weighted by Crippen LogP contribution is 2.73. The summed E-state index contributed by atoms with van der Waals surface area (Å²) in [6.45, 7) is 6.07. The Kier molecular flexibility index (Phi) is 4.36. The molecule has 0 aromatic carbocycles. The van der Waals surface area contributed by atoms with E-state index in [-0.39, 0.29) is 40.8 Å². The van der Waals surface area contributed by atoms with Crippen molar-refractivity contribution >= 4 is 18.0 Å². The second-order valence-electron chi connectivity index (χ2n) is 11.6. The van der Waals surface area contributed by atoms with E-state index in [0.29, 0.717) is 38.5 Å². The van der Waals surface area contributed by atoms with Gasteiger partial charge in [-0.3, -0.25) is 9.59 Å². The van der Waals surface area contributed by atoms with Crippen LogP contribution >= 0.6 is 0 Å². The molecule has 4 aliphatic carbocycles. The first kappa shape index (κ1) is 21.1. The SMILES string of the molecule is CC1C(=O)CCC2(C)C3C(C4CC[C@@]5(CCC(=O)O5)C4(C)C[C@H]3O)[C@H](C=O)C[C@]12C#N. The van der Waals surface area contributed by atoms with E-state index < -0.39 is 28.5 Å². The van der Waals surface area contributed by atoms with Crippen molar-refractivity contribution in [1.82, 2.24) is 0 Å². The summed E-state index contributed by atoms with van der Waals surface area (Å²) in [5.74, 6) is -1.00. The number of hydrogen-bond donors (Lipinski definition) is 1. The van der Waals surface area contributed by atoms with Crippen LogP contribution in [-0.2, 0) is 19.1 Å². The van der Waals surface area contributed by atoms with Gasteiger partial charge in [-0.2, -0.15) is 5.26 Å². The summed E-state index contributed by atoms with van der Waals surface area (Å²) in [7, 11) is 0. The molecule has 168 valence electrons. The zero-order valence-electron chi connectivity index (χ0n) is 18.7. The quantitative estimate of drug-likeness (QED) is 0.509. The highest BCUT2D eigenvalue weighted by molar-refractivity contribution is 5.83. The summed E-state index contributed by atoms with van der Waals surface area (Å²) in [6.07, 6.45) is 4.92. The number of aldehydes is 1. The van der Waals surface area contributed by atoms with E-state index in [4.69, 9.17) is 4.74 Å². The summed E-state index contributed by atoms with van der Waals surface area (Å²) in [5, 5.41) is 22.1. The summed E-state index contributed by atoms with van der Waals surface area (Å²) < 4.78 is 5.95. The second kappa shape index (κ2) is 6.41. The molecule has 31 heavy (non-hydrogen) atoms. The van der Waals surface area contributed by atoms with Crippen molar-refractivity contribution in [2.75, 3.05) is 0 Å². The number of carbonyl (C=O) groups excluding carboxylic acids is 3. The van der Waals surface area contributed by atoms with Gasteiger partial charge in [0, 0.05) is 30.1 Å². The molecule has 1 saturated heterocycles. The maximum absolute atomic E-state index is 12.7. The molecule has 5 fully saturated rings. The Bertz CT molecular complexity index is 895. The summed E-state index contributed by atoms with van der Waals surface area (Å²) >= 11 is 0. The van der Waals surface area contributed by atoms with E-state index in [2.05, 4.69) is 19.9 Å². The van der Waals surface area contributed by atoms with E-state index in [1.807, 2.05) is 6.92 Å². The van der Waals surface area contributed by atoms with Gasteiger partial charge in [-0.1, -0.05) is 20.8 Å². The predicted octanol–water partition coefficient (Wildman–Crippen LogP) is 3.21. The summed E-state index contributed by atoms with van der Waals surface area (Å²) in [4.78, 5) is 37.2. The van der Waals surface area contributed by atoms with Crippen LogP contribution in [0.4, 0.5) is 0 Å². The molecule has 6 unspecified atom stereocenters. The van der Waals surface area contributed by atoms with Gasteiger partial charge in [0.15, 0.2) is 0 Å². The molecule has 0 radical (unpaired) electrons. The number of fused-ring (bicyclic) bond motifs is 6. The first-order valence-corrected chi connectivity index (χ1v) is 11.9. The zero-order chi connectivity index (χ0) is 22.4. The first-order valence-electron chi connectivity index (χ1n) is 11.9. The Morgan fingerprint density at radius 3 is 2.48 bits per heavy atom. The number of esters is 1. The Labute approximate surface area is 183 Å². The molecule has 4 saturated carbocycles. The molecular formula is C25H33NO5. The Balaban J connectivity index is 1.63. The Hall–Kier alpha value is -1.74. The Morgan fingerprint density at radius 1 is 1.13 bits per heavy atom. The van der Waals surface area contributed by atoms with Gasteiger partial charge in [-0.15, -0.1) is 0 Å². The van der Waals surface area contributed by atoms with Gasteiger partial charge in [0.1, 0.15) is 17.7 Å². The fourth-order valence-corrected chi connectivity index (χ4v) is 9.35. The molecule has 5 rings (SSSR count). The number of hydrogen-bond acceptors (Lipinski definition) is 6. The van der Waals surface area contributed by atoms with E-state index in [1.165, 1.54) is 0 Å². The molecule has 0 aromatic heterocycles. The lowest BCUT2D eigenvalue weighted by atomic mass is 9.36. The van der Waals surface area contributed by atoms with Crippen LogP contribution in [-0.4, -0.2) is 34.9 Å². The number of nitrogens with zero attached hydrogens (tertiary/aromatic N) is 1. The maximum atomic E-state index is 12.7. The number of ether oxygens (including phenoxy) is 1. The van der Waals surface area contributed by atoms with Gasteiger partial charge in [0.25, 0.3) is 0 Å². The Morgan fingerprint density at radius 2 is 1.87 bits per heavy atom. The topological polar surface area (TPSA) is 104 Å². The van der Waals surface area contributed by atoms with Crippen molar-refractivity contribution in [2.24, 2.45) is 45.8 Å². The van der Waals surface area contributed by atoms with Crippen LogP contribution in [0.3, 0.4) is 0 Å². The van der Waals surface area contributed by atoms with Crippen LogP contribution in [0, 0.1) is 57.2 Å². The van der Waals surface area contributed by atoms with Gasteiger partial charge in [0.05, 0.1) is 17.6 Å². The van der Waals surface area contributed by atoms with Crippen molar-refractivity contribution in [3.8, 4) is 6.07 Å². The van der Waals surface area contributed by atoms with E-state index in [1.54, 1.807) is 0 Å². The molecule has 6 nitrogen and oxygen atoms in total. The summed E-state index contributed by atoms with van der Waals surface area (Å²) in [6, 6.07) is 2.52. The first-order chi connectivity index (χ1) is 14.6. The van der Waals surface area contributed by atoms with Gasteiger partial charge in [-0.05, 0) is 61.7 Å². The van der Waals surface area contributed by atoms with Crippen molar-refractivity contribution in [3.05, 3.63) is 0 Å². The van der Waals surface area contributed by atoms with Gasteiger partial charge in [0.2, 0.25) is 0 Å². The van der Waals surface area contributed by atoms with Crippen molar-refractivity contribution in [1.29, 1.82) is 5.26 Å². The monoisotopic (exact) mass is 427 g/mol. The average molecular weight is 428 g/mol. The third-order valence-corrected chi connectivity index (χ3v) is 11.0. The number of nitriles is 1. The standard InChI is InChI=1S/C25H33NO5/c1-14-17(28)5-7-22(2)21-18(29)11-23(3)16(4-8-25(23)9-6-19(30)31-25)20(21)15(12-27)10-24(14,22)13-26/h12,14-16,18,20-21,29H,4-11H2,1-3H3/t14?,15-,16?,18+,20?,21?,22?,23?,24-,25+/m0/s1. The fourth-order valence-electron chi connectivity index (χ4n) is 9.35. The lowest BCUT2D eigenvalue weighted by Gasteiger charge is -2.67. The molecule has 0 aromatic rings. The van der Waals surface area contributed by atoms with Gasteiger partial charge < -0.3 is 14.6 Å². The predicted molar refractivity (Wildman–Crippen MR) is 110 cm³/mol. The van der Waals surface area contributed by atoms with Crippen LogP contribution in [0.15, 0.2) is 0 Å². The molecule has 5 aliphatic rings. The number of carbonyl (C=O) groups is 3. The summed E-state index contributed by atoms with van der Waals surface area (Å²) in [5.41, 5.74) is -2.38. The molecule has 1 heterocycles. The van der Waals surface area contributed by atoms with Crippen molar-refractivity contribution in [3.63, 3.8) is 0 Å². The molecule has 1 N–H and O–H groups in total. The van der Waals surface area contributed by atoms with Gasteiger partial charge in [-0.25, -0.2) is 0 Å². The number of rotatable bonds is 1. The van der Waals surface area contributed by atoms with E-state index >= 15 is 0 Å². The molecule has 10 atom stereocenters. The minimum absolute atomic E-state index is 0.0585. The highest BCUT2D eigenvalue weighted by Gasteiger charge is 2.74. The smallest absolute Gasteiger partial charge is 0.306 e. The molecule has 1 spiro atoms. The van der Waals surface area contributed by atoms with E-state index in [0.717, 1.165) is 19.1 Å². The van der Waals surface area contributed by atoms with Crippen LogP contribution in [0.5, 0.6) is 0 Å². The molecule has 0 bridgehead atoms. The molecule has 6 heteroatoms. The van der Waals surface area contributed by atoms with Crippen molar-refractivity contribution in [2.45, 2.75) is 83.8 Å². The van der Waals surface area contributed by atoms with Crippen LogP contribution in [0.2, 0.25) is 0 Å². The fraction of sp³-hybridized carbons (Fsp3) is 0.840. The number of Topliss-reactive ketones (excluding diaryl/α,β-unsaturated/α-hetero) is 1. The van der Waals surface area contributed by atoms with Crippen molar-refractivity contribution < 1.29 is 24.2 Å². The third-order valence-electron chi connectivity index (χ3n) is 11.0. The minimum Gasteiger partial charge on any atom is -0.458 e. The molecule has 0 amide bonds. The zero-order valence-corrected chi connectivity index (χ0v) is 18.7. The van der Waals surface area contributed by atoms with E-state index in [9.17, 15) is 24.8 Å². The van der Waals surface area contributed by atoms with Crippen LogP contribution in [0.1, 0.15) is 72.1 Å². The third kappa shape index (κ3) is 2.29. The molecular weight excluding hydrogens is 394 g/mol. The lowest BCUT2D eigenvalue weighted by Crippen LogP contribution is -2.68. The average Bonchev–Trinajstić information content (AvgIpc) is 3.25. The normalized spacial score (nSPS) is 55.7. The minimum atomic E-state index is -0.931. The van der Waals surface area contributed by atoms with Crippen LogP contribution < -0.4 is 0 Å². The molecule has 1 aliphatic heterocycles. The number of aliphatic hydroxyl groups is 1. The number of aliphatic hydroxyl groups excluding tert-OH is 1.